The maximum Gasteiger partial charge on any atom is 0.140 e. The van der Waals surface area contributed by atoms with Gasteiger partial charge in [-0.3, -0.25) is 0 Å². The van der Waals surface area contributed by atoms with Crippen molar-refractivity contribution >= 4 is 0 Å². The van der Waals surface area contributed by atoms with Crippen LogP contribution >= 0.6 is 0 Å². The lowest BCUT2D eigenvalue weighted by Crippen LogP contribution is -2.22. The summed E-state index contributed by atoms with van der Waals surface area (Å²) in [5, 5.41) is 7.51. The van der Waals surface area contributed by atoms with E-state index in [2.05, 4.69) is 29.2 Å². The number of aromatic nitrogens is 3. The van der Waals surface area contributed by atoms with E-state index in [1.165, 1.54) is 0 Å². The zero-order valence-corrected chi connectivity index (χ0v) is 10.4. The van der Waals surface area contributed by atoms with Gasteiger partial charge in [0, 0.05) is 20.2 Å². The highest BCUT2D eigenvalue weighted by Crippen LogP contribution is 2.05. The summed E-state index contributed by atoms with van der Waals surface area (Å²) in [6, 6.07) is 0. The fourth-order valence-electron chi connectivity index (χ4n) is 1.38. The second-order valence-corrected chi connectivity index (χ2v) is 4.04. The van der Waals surface area contributed by atoms with Crippen LogP contribution in [-0.2, 0) is 17.8 Å². The Morgan fingerprint density at radius 1 is 1.56 bits per heavy atom. The molecule has 1 N–H and O–H groups in total. The summed E-state index contributed by atoms with van der Waals surface area (Å²) in [4.78, 5) is 4.25. The summed E-state index contributed by atoms with van der Waals surface area (Å²) >= 11 is 0. The number of hydrogen-bond donors (Lipinski definition) is 1. The molecule has 1 unspecified atom stereocenters. The van der Waals surface area contributed by atoms with E-state index in [0.29, 0.717) is 5.92 Å². The molecule has 0 saturated carbocycles. The van der Waals surface area contributed by atoms with Gasteiger partial charge in [-0.2, -0.15) is 5.10 Å². The predicted octanol–water partition coefficient (Wildman–Crippen LogP) is 1.06. The third-order valence-electron chi connectivity index (χ3n) is 2.64. The molecule has 16 heavy (non-hydrogen) atoms. The molecule has 0 spiro atoms. The summed E-state index contributed by atoms with van der Waals surface area (Å²) in [5.41, 5.74) is 0. The zero-order valence-electron chi connectivity index (χ0n) is 10.4. The highest BCUT2D eigenvalue weighted by Gasteiger charge is 2.06. The molecule has 0 saturated heterocycles. The lowest BCUT2D eigenvalue weighted by atomic mass is 10.1. The summed E-state index contributed by atoms with van der Waals surface area (Å²) in [7, 11) is 1.70. The molecule has 1 aromatic heterocycles. The molecule has 1 rings (SSSR count). The Balaban J connectivity index is 2.38. The minimum absolute atomic E-state index is 0.638. The van der Waals surface area contributed by atoms with E-state index < -0.39 is 0 Å². The molecular weight excluding hydrogens is 204 g/mol. The van der Waals surface area contributed by atoms with Crippen LogP contribution in [-0.4, -0.2) is 35.0 Å². The van der Waals surface area contributed by atoms with E-state index in [-0.39, 0.29) is 0 Å². The first kappa shape index (κ1) is 13.1. The fourth-order valence-corrected chi connectivity index (χ4v) is 1.38. The van der Waals surface area contributed by atoms with Crippen molar-refractivity contribution in [3.05, 3.63) is 12.2 Å². The third kappa shape index (κ3) is 4.28. The SMILES string of the molecule is CCC(C)Cn1ncnc1CNCCOC. The number of rotatable bonds is 8. The minimum atomic E-state index is 0.638. The first-order valence-corrected chi connectivity index (χ1v) is 5.84. The Morgan fingerprint density at radius 3 is 3.06 bits per heavy atom. The molecule has 0 bridgehead atoms. The molecule has 5 nitrogen and oxygen atoms in total. The van der Waals surface area contributed by atoms with Crippen LogP contribution in [0.15, 0.2) is 6.33 Å². The summed E-state index contributed by atoms with van der Waals surface area (Å²) in [5.74, 6) is 1.64. The number of nitrogens with zero attached hydrogens (tertiary/aromatic N) is 3. The van der Waals surface area contributed by atoms with Gasteiger partial charge in [0.05, 0.1) is 13.2 Å². The van der Waals surface area contributed by atoms with Crippen molar-refractivity contribution in [2.24, 2.45) is 5.92 Å². The van der Waals surface area contributed by atoms with Gasteiger partial charge in [0.25, 0.3) is 0 Å². The van der Waals surface area contributed by atoms with Crippen LogP contribution in [0.3, 0.4) is 0 Å². The Kier molecular flexibility index (Phi) is 6.03. The lowest BCUT2D eigenvalue weighted by molar-refractivity contribution is 0.198. The third-order valence-corrected chi connectivity index (χ3v) is 2.64. The second kappa shape index (κ2) is 7.35. The van der Waals surface area contributed by atoms with Crippen LogP contribution in [0.25, 0.3) is 0 Å². The van der Waals surface area contributed by atoms with Crippen molar-refractivity contribution in [2.45, 2.75) is 33.4 Å². The van der Waals surface area contributed by atoms with Crippen molar-refractivity contribution in [3.63, 3.8) is 0 Å². The van der Waals surface area contributed by atoms with Crippen LogP contribution < -0.4 is 5.32 Å². The maximum atomic E-state index is 4.97. The fraction of sp³-hybridized carbons (Fsp3) is 0.818. The van der Waals surface area contributed by atoms with Crippen molar-refractivity contribution < 1.29 is 4.74 Å². The van der Waals surface area contributed by atoms with Crippen molar-refractivity contribution in [1.82, 2.24) is 20.1 Å². The zero-order chi connectivity index (χ0) is 11.8. The van der Waals surface area contributed by atoms with Crippen molar-refractivity contribution in [2.75, 3.05) is 20.3 Å². The first-order chi connectivity index (χ1) is 7.77. The minimum Gasteiger partial charge on any atom is -0.383 e. The van der Waals surface area contributed by atoms with Gasteiger partial charge in [0.15, 0.2) is 0 Å². The number of ether oxygens (including phenoxy) is 1. The van der Waals surface area contributed by atoms with Gasteiger partial charge in [-0.1, -0.05) is 20.3 Å². The van der Waals surface area contributed by atoms with E-state index in [0.717, 1.165) is 38.5 Å². The molecule has 0 aliphatic carbocycles. The van der Waals surface area contributed by atoms with Crippen LogP contribution in [0.2, 0.25) is 0 Å². The number of hydrogen-bond acceptors (Lipinski definition) is 4. The van der Waals surface area contributed by atoms with E-state index in [9.17, 15) is 0 Å². The van der Waals surface area contributed by atoms with Crippen LogP contribution in [0.1, 0.15) is 26.1 Å². The predicted molar refractivity (Wildman–Crippen MR) is 63.1 cm³/mol. The number of nitrogens with one attached hydrogen (secondary N) is 1. The van der Waals surface area contributed by atoms with E-state index in [1.807, 2.05) is 4.68 Å². The number of methoxy groups -OCH3 is 1. The van der Waals surface area contributed by atoms with Gasteiger partial charge < -0.3 is 10.1 Å². The van der Waals surface area contributed by atoms with Gasteiger partial charge in [-0.15, -0.1) is 0 Å². The summed E-state index contributed by atoms with van der Waals surface area (Å²) < 4.78 is 6.95. The van der Waals surface area contributed by atoms with E-state index >= 15 is 0 Å². The lowest BCUT2D eigenvalue weighted by Gasteiger charge is -2.11. The quantitative estimate of drug-likeness (QED) is 0.673. The summed E-state index contributed by atoms with van der Waals surface area (Å²) in [6.07, 6.45) is 2.78. The van der Waals surface area contributed by atoms with Gasteiger partial charge in [-0.05, 0) is 5.92 Å². The molecule has 1 heterocycles. The molecule has 92 valence electrons. The summed E-state index contributed by atoms with van der Waals surface area (Å²) in [6.45, 7) is 7.67. The van der Waals surface area contributed by atoms with E-state index in [4.69, 9.17) is 4.74 Å². The van der Waals surface area contributed by atoms with Gasteiger partial charge >= 0.3 is 0 Å². The molecule has 0 aromatic carbocycles. The molecular formula is C11H22N4O. The van der Waals surface area contributed by atoms with Crippen molar-refractivity contribution in [1.29, 1.82) is 0 Å². The monoisotopic (exact) mass is 226 g/mol. The molecule has 1 atom stereocenters. The van der Waals surface area contributed by atoms with Crippen LogP contribution in [0, 0.1) is 5.92 Å². The maximum absolute atomic E-state index is 4.97. The van der Waals surface area contributed by atoms with Gasteiger partial charge in [0.2, 0.25) is 0 Å². The average molecular weight is 226 g/mol. The van der Waals surface area contributed by atoms with Gasteiger partial charge in [0.1, 0.15) is 12.2 Å². The Hall–Kier alpha value is -0.940. The van der Waals surface area contributed by atoms with Crippen LogP contribution in [0.4, 0.5) is 0 Å². The molecule has 0 aliphatic heterocycles. The molecule has 0 radical (unpaired) electrons. The van der Waals surface area contributed by atoms with Gasteiger partial charge in [-0.25, -0.2) is 9.67 Å². The smallest absolute Gasteiger partial charge is 0.140 e. The first-order valence-electron chi connectivity index (χ1n) is 5.84. The van der Waals surface area contributed by atoms with Crippen molar-refractivity contribution in [3.8, 4) is 0 Å². The standard InChI is InChI=1S/C11H22N4O/c1-4-10(2)8-15-11(13-9-14-15)7-12-5-6-16-3/h9-10,12H,4-8H2,1-3H3. The topological polar surface area (TPSA) is 52.0 Å². The van der Waals surface area contributed by atoms with Crippen LogP contribution in [0.5, 0.6) is 0 Å². The Labute approximate surface area is 97.2 Å². The normalized spacial score (nSPS) is 12.9. The molecule has 5 heteroatoms. The molecule has 0 amide bonds. The Bertz CT molecular complexity index is 287. The van der Waals surface area contributed by atoms with E-state index in [1.54, 1.807) is 13.4 Å². The largest absolute Gasteiger partial charge is 0.383 e. The molecule has 0 aliphatic rings. The second-order valence-electron chi connectivity index (χ2n) is 4.04. The molecule has 1 aromatic rings. The average Bonchev–Trinajstić information content (AvgIpc) is 2.72. The molecule has 0 fully saturated rings. The highest BCUT2D eigenvalue weighted by molar-refractivity contribution is 4.84. The Morgan fingerprint density at radius 2 is 2.38 bits per heavy atom. The highest BCUT2D eigenvalue weighted by atomic mass is 16.5.